The van der Waals surface area contributed by atoms with E-state index in [0.717, 1.165) is 4.47 Å². The van der Waals surface area contributed by atoms with Crippen LogP contribution in [-0.2, 0) is 4.79 Å². The van der Waals surface area contributed by atoms with E-state index < -0.39 is 12.0 Å². The molecule has 0 spiro atoms. The third-order valence-corrected chi connectivity index (χ3v) is 3.28. The van der Waals surface area contributed by atoms with Crippen LogP contribution in [0.25, 0.3) is 0 Å². The third kappa shape index (κ3) is 4.96. The van der Waals surface area contributed by atoms with Gasteiger partial charge in [-0.2, -0.15) is 0 Å². The van der Waals surface area contributed by atoms with Gasteiger partial charge in [-0.05, 0) is 32.2 Å². The minimum atomic E-state index is -0.880. The minimum absolute atomic E-state index is 0.0994. The number of hydrogen-bond donors (Lipinski definition) is 1. The van der Waals surface area contributed by atoms with Gasteiger partial charge in [0.05, 0.1) is 0 Å². The number of carboxylic acids is 1. The summed E-state index contributed by atoms with van der Waals surface area (Å²) in [5, 5.41) is 8.83. The fourth-order valence-corrected chi connectivity index (χ4v) is 1.81. The lowest BCUT2D eigenvalue weighted by atomic mass is 10.1. The van der Waals surface area contributed by atoms with E-state index in [2.05, 4.69) is 15.9 Å². The van der Waals surface area contributed by atoms with E-state index in [1.807, 2.05) is 6.07 Å². The minimum Gasteiger partial charge on any atom is -0.480 e. The Balaban J connectivity index is 2.58. The molecule has 102 valence electrons. The average molecular weight is 326 g/mol. The number of hydrogen-bond acceptors (Lipinski definition) is 3. The van der Waals surface area contributed by atoms with E-state index in [4.69, 9.17) is 5.11 Å². The maximum absolute atomic E-state index is 11.8. The van der Waals surface area contributed by atoms with Crippen LogP contribution >= 0.6 is 15.9 Å². The number of rotatable bonds is 6. The third-order valence-electron chi connectivity index (χ3n) is 2.79. The highest BCUT2D eigenvalue weighted by atomic mass is 79.9. The van der Waals surface area contributed by atoms with Gasteiger partial charge in [0, 0.05) is 16.6 Å². The van der Waals surface area contributed by atoms with Gasteiger partial charge in [0.25, 0.3) is 0 Å². The number of carboxylic acid groups (broad SMARTS) is 1. The van der Waals surface area contributed by atoms with Crippen molar-refractivity contribution < 1.29 is 14.7 Å². The van der Waals surface area contributed by atoms with E-state index >= 15 is 0 Å². The Morgan fingerprint density at radius 1 is 1.47 bits per heavy atom. The van der Waals surface area contributed by atoms with Gasteiger partial charge in [-0.1, -0.05) is 34.1 Å². The Hall–Kier alpha value is -1.46. The first-order chi connectivity index (χ1) is 8.91. The summed E-state index contributed by atoms with van der Waals surface area (Å²) in [6.45, 7) is 2.01. The first-order valence-electron chi connectivity index (χ1n) is 5.81. The van der Waals surface area contributed by atoms with Crippen LogP contribution < -0.4 is 0 Å². The van der Waals surface area contributed by atoms with Crippen LogP contribution in [0.15, 0.2) is 40.9 Å². The second-order valence-corrected chi connectivity index (χ2v) is 5.15. The summed E-state index contributed by atoms with van der Waals surface area (Å²) in [5.74, 6) is -0.980. The molecule has 1 rings (SSSR count). The van der Waals surface area contributed by atoms with E-state index in [1.54, 1.807) is 43.1 Å². The molecule has 19 heavy (non-hydrogen) atoms. The van der Waals surface area contributed by atoms with Crippen molar-refractivity contribution in [2.75, 3.05) is 13.6 Å². The zero-order chi connectivity index (χ0) is 14.4. The van der Waals surface area contributed by atoms with Crippen molar-refractivity contribution >= 4 is 27.7 Å². The van der Waals surface area contributed by atoms with Crippen molar-refractivity contribution in [2.45, 2.75) is 13.0 Å². The Labute approximate surface area is 120 Å². The Bertz CT molecular complexity index is 499. The molecule has 0 fully saturated rings. The normalized spacial score (nSPS) is 12.8. The molecular weight excluding hydrogens is 310 g/mol. The second-order valence-electron chi connectivity index (χ2n) is 4.23. The first kappa shape index (κ1) is 15.6. The molecular formula is C14H16BrNO3. The molecule has 0 amide bonds. The van der Waals surface area contributed by atoms with Gasteiger partial charge in [0.15, 0.2) is 5.78 Å². The number of allylic oxidation sites excluding steroid dienone is 1. The number of benzene rings is 1. The molecule has 0 unspecified atom stereocenters. The Kier molecular flexibility index (Phi) is 5.92. The molecule has 0 aliphatic rings. The first-order valence-corrected chi connectivity index (χ1v) is 6.60. The van der Waals surface area contributed by atoms with E-state index in [-0.39, 0.29) is 5.78 Å². The Morgan fingerprint density at radius 2 is 2.16 bits per heavy atom. The number of carbonyl (C=O) groups is 2. The van der Waals surface area contributed by atoms with Crippen LogP contribution in [-0.4, -0.2) is 41.4 Å². The molecule has 0 radical (unpaired) electrons. The monoisotopic (exact) mass is 325 g/mol. The zero-order valence-corrected chi connectivity index (χ0v) is 12.4. The molecule has 1 N–H and O–H groups in total. The smallest absolute Gasteiger partial charge is 0.320 e. The van der Waals surface area contributed by atoms with Gasteiger partial charge >= 0.3 is 5.97 Å². The fourth-order valence-electron chi connectivity index (χ4n) is 1.41. The van der Waals surface area contributed by atoms with Crippen LogP contribution in [0, 0.1) is 0 Å². The van der Waals surface area contributed by atoms with Crippen molar-refractivity contribution in [3.8, 4) is 0 Å². The SMILES string of the molecule is C[C@@H](C(=O)O)N(C)CC=CC(=O)c1cccc(Br)c1. The molecule has 0 heterocycles. The van der Waals surface area contributed by atoms with E-state index in [1.165, 1.54) is 6.08 Å². The highest BCUT2D eigenvalue weighted by Gasteiger charge is 2.14. The topological polar surface area (TPSA) is 57.6 Å². The molecule has 0 bridgehead atoms. The summed E-state index contributed by atoms with van der Waals surface area (Å²) in [6, 6.07) is 6.55. The Morgan fingerprint density at radius 3 is 2.74 bits per heavy atom. The summed E-state index contributed by atoms with van der Waals surface area (Å²) < 4.78 is 0.850. The molecule has 5 heteroatoms. The number of aliphatic carboxylic acids is 1. The van der Waals surface area contributed by atoms with Crippen molar-refractivity contribution in [1.29, 1.82) is 0 Å². The quantitative estimate of drug-likeness (QED) is 0.645. The molecule has 0 saturated carbocycles. The van der Waals surface area contributed by atoms with Crippen LogP contribution in [0.2, 0.25) is 0 Å². The lowest BCUT2D eigenvalue weighted by Crippen LogP contribution is -2.35. The number of carbonyl (C=O) groups excluding carboxylic acids is 1. The molecule has 4 nitrogen and oxygen atoms in total. The maximum atomic E-state index is 11.8. The van der Waals surface area contributed by atoms with Crippen LogP contribution in [0.4, 0.5) is 0 Å². The number of nitrogens with zero attached hydrogens (tertiary/aromatic N) is 1. The van der Waals surface area contributed by atoms with Gasteiger partial charge in [0.2, 0.25) is 0 Å². The van der Waals surface area contributed by atoms with Gasteiger partial charge in [-0.25, -0.2) is 0 Å². The molecule has 1 atom stereocenters. The predicted octanol–water partition coefficient (Wildman–Crippen LogP) is 2.59. The van der Waals surface area contributed by atoms with E-state index in [9.17, 15) is 9.59 Å². The fraction of sp³-hybridized carbons (Fsp3) is 0.286. The zero-order valence-electron chi connectivity index (χ0n) is 10.8. The predicted molar refractivity (Wildman–Crippen MR) is 77.3 cm³/mol. The van der Waals surface area contributed by atoms with Gasteiger partial charge in [-0.3, -0.25) is 14.5 Å². The molecule has 1 aromatic rings. The summed E-state index contributed by atoms with van der Waals surface area (Å²) >= 11 is 3.31. The highest BCUT2D eigenvalue weighted by molar-refractivity contribution is 9.10. The number of ketones is 1. The van der Waals surface area contributed by atoms with Crippen LogP contribution in [0.1, 0.15) is 17.3 Å². The number of likely N-dealkylation sites (N-methyl/N-ethyl adjacent to an activating group) is 1. The number of halogens is 1. The molecule has 0 aliphatic heterocycles. The van der Waals surface area contributed by atoms with E-state index in [0.29, 0.717) is 12.1 Å². The van der Waals surface area contributed by atoms with Crippen molar-refractivity contribution in [1.82, 2.24) is 4.90 Å². The largest absolute Gasteiger partial charge is 0.480 e. The lowest BCUT2D eigenvalue weighted by molar-refractivity contribution is -0.141. The standard InChI is InChI=1S/C14H16BrNO3/c1-10(14(18)19)16(2)8-4-7-13(17)11-5-3-6-12(15)9-11/h3-7,9-10H,8H2,1-2H3,(H,18,19)/t10-/m0/s1. The summed E-state index contributed by atoms with van der Waals surface area (Å²) in [6.07, 6.45) is 3.13. The van der Waals surface area contributed by atoms with Crippen molar-refractivity contribution in [3.63, 3.8) is 0 Å². The molecule has 0 aromatic heterocycles. The van der Waals surface area contributed by atoms with Gasteiger partial charge < -0.3 is 5.11 Å². The molecule has 0 aliphatic carbocycles. The summed E-state index contributed by atoms with van der Waals surface area (Å²) in [5.41, 5.74) is 0.597. The van der Waals surface area contributed by atoms with Crippen molar-refractivity contribution in [3.05, 3.63) is 46.5 Å². The van der Waals surface area contributed by atoms with Crippen LogP contribution in [0.3, 0.4) is 0 Å². The van der Waals surface area contributed by atoms with Gasteiger partial charge in [-0.15, -0.1) is 0 Å². The molecule has 0 saturated heterocycles. The van der Waals surface area contributed by atoms with Crippen molar-refractivity contribution in [2.24, 2.45) is 0 Å². The summed E-state index contributed by atoms with van der Waals surface area (Å²) in [7, 11) is 1.70. The maximum Gasteiger partial charge on any atom is 0.320 e. The van der Waals surface area contributed by atoms with Crippen LogP contribution in [0.5, 0.6) is 0 Å². The lowest BCUT2D eigenvalue weighted by Gasteiger charge is -2.18. The van der Waals surface area contributed by atoms with Gasteiger partial charge in [0.1, 0.15) is 6.04 Å². The average Bonchev–Trinajstić information content (AvgIpc) is 2.37. The molecule has 1 aromatic carbocycles. The second kappa shape index (κ2) is 7.21. The summed E-state index contributed by atoms with van der Waals surface area (Å²) in [4.78, 5) is 24.2. The highest BCUT2D eigenvalue weighted by Crippen LogP contribution is 2.12.